The third kappa shape index (κ3) is 3.94. The van der Waals surface area contributed by atoms with Crippen LogP contribution >= 0.6 is 0 Å². The molecule has 110 valence electrons. The third-order valence-electron chi connectivity index (χ3n) is 3.97. The van der Waals surface area contributed by atoms with E-state index >= 15 is 0 Å². The average molecular weight is 281 g/mol. The van der Waals surface area contributed by atoms with Crippen LogP contribution in [0, 0.1) is 20.8 Å². The summed E-state index contributed by atoms with van der Waals surface area (Å²) in [6.07, 6.45) is 0.428. The summed E-state index contributed by atoms with van der Waals surface area (Å²) in [6.45, 7) is 8.26. The van der Waals surface area contributed by atoms with E-state index in [2.05, 4.69) is 50.4 Å². The number of hydrogen-bond donors (Lipinski definition) is 1. The van der Waals surface area contributed by atoms with Crippen LogP contribution in [0.5, 0.6) is 0 Å². The van der Waals surface area contributed by atoms with Gasteiger partial charge in [0, 0.05) is 0 Å². The van der Waals surface area contributed by atoms with Crippen molar-refractivity contribution in [1.29, 1.82) is 0 Å². The smallest absolute Gasteiger partial charge is 0.224 e. The van der Waals surface area contributed by atoms with Gasteiger partial charge < -0.3 is 5.32 Å². The molecule has 0 radical (unpaired) electrons. The molecule has 1 N–H and O–H groups in total. The van der Waals surface area contributed by atoms with Crippen LogP contribution in [0.3, 0.4) is 0 Å². The van der Waals surface area contributed by atoms with Crippen molar-refractivity contribution in [3.8, 4) is 0 Å². The second-order valence-electron chi connectivity index (χ2n) is 5.74. The number of amides is 1. The van der Waals surface area contributed by atoms with Crippen LogP contribution in [0.1, 0.15) is 40.8 Å². The van der Waals surface area contributed by atoms with Gasteiger partial charge in [-0.05, 0) is 55.5 Å². The van der Waals surface area contributed by atoms with Crippen molar-refractivity contribution in [2.45, 2.75) is 40.2 Å². The summed E-state index contributed by atoms with van der Waals surface area (Å²) in [5.41, 5.74) is 5.93. The van der Waals surface area contributed by atoms with Crippen molar-refractivity contribution >= 4 is 5.91 Å². The molecule has 2 rings (SSSR count). The Kier molecular flexibility index (Phi) is 4.79. The summed E-state index contributed by atoms with van der Waals surface area (Å²) < 4.78 is 0. The quantitative estimate of drug-likeness (QED) is 0.900. The van der Waals surface area contributed by atoms with E-state index in [1.807, 2.05) is 25.1 Å². The molecule has 2 heteroatoms. The lowest BCUT2D eigenvalue weighted by Crippen LogP contribution is -2.28. The highest BCUT2D eigenvalue weighted by Crippen LogP contribution is 2.17. The first-order chi connectivity index (χ1) is 9.97. The van der Waals surface area contributed by atoms with Gasteiger partial charge in [-0.15, -0.1) is 0 Å². The SMILES string of the molecule is Cc1ccc(CC(=O)NC(C)c2ccccc2C)cc1C. The van der Waals surface area contributed by atoms with Crippen LogP contribution in [0.15, 0.2) is 42.5 Å². The minimum Gasteiger partial charge on any atom is -0.349 e. The lowest BCUT2D eigenvalue weighted by molar-refractivity contribution is -0.121. The fourth-order valence-corrected chi connectivity index (χ4v) is 2.54. The normalized spacial score (nSPS) is 12.0. The first-order valence-electron chi connectivity index (χ1n) is 7.38. The van der Waals surface area contributed by atoms with E-state index in [0.29, 0.717) is 6.42 Å². The molecular weight excluding hydrogens is 258 g/mol. The van der Waals surface area contributed by atoms with Crippen molar-refractivity contribution in [2.75, 3.05) is 0 Å². The number of carbonyl (C=O) groups is 1. The monoisotopic (exact) mass is 281 g/mol. The molecule has 0 heterocycles. The van der Waals surface area contributed by atoms with Gasteiger partial charge in [-0.1, -0.05) is 42.5 Å². The second-order valence-corrected chi connectivity index (χ2v) is 5.74. The zero-order valence-corrected chi connectivity index (χ0v) is 13.2. The van der Waals surface area contributed by atoms with Gasteiger partial charge in [0.25, 0.3) is 0 Å². The molecule has 0 bridgehead atoms. The summed E-state index contributed by atoms with van der Waals surface area (Å²) in [5, 5.41) is 3.08. The standard InChI is InChI=1S/C19H23NO/c1-13-9-10-17(11-15(13)3)12-19(21)20-16(4)18-8-6-5-7-14(18)2/h5-11,16H,12H2,1-4H3,(H,20,21). The fourth-order valence-electron chi connectivity index (χ4n) is 2.54. The molecule has 1 atom stereocenters. The van der Waals surface area contributed by atoms with Crippen molar-refractivity contribution in [3.63, 3.8) is 0 Å². The molecule has 2 aromatic rings. The minimum absolute atomic E-state index is 0.0326. The van der Waals surface area contributed by atoms with Crippen LogP contribution < -0.4 is 5.32 Å². The summed E-state index contributed by atoms with van der Waals surface area (Å²) in [6, 6.07) is 14.4. The molecule has 0 aliphatic rings. The van der Waals surface area contributed by atoms with E-state index < -0.39 is 0 Å². The molecule has 0 spiro atoms. The molecule has 1 unspecified atom stereocenters. The Bertz CT molecular complexity index is 646. The number of nitrogens with one attached hydrogen (secondary N) is 1. The Morgan fingerprint density at radius 1 is 1.00 bits per heavy atom. The highest BCUT2D eigenvalue weighted by Gasteiger charge is 2.11. The molecule has 0 aliphatic heterocycles. The topological polar surface area (TPSA) is 29.1 Å². The number of hydrogen-bond acceptors (Lipinski definition) is 1. The van der Waals surface area contributed by atoms with Crippen molar-refractivity contribution in [2.24, 2.45) is 0 Å². The van der Waals surface area contributed by atoms with Gasteiger partial charge in [0.2, 0.25) is 5.91 Å². The maximum atomic E-state index is 12.2. The number of rotatable bonds is 4. The van der Waals surface area contributed by atoms with E-state index in [9.17, 15) is 4.79 Å². The zero-order chi connectivity index (χ0) is 15.4. The predicted octanol–water partition coefficient (Wildman–Crippen LogP) is 4.03. The molecule has 2 nitrogen and oxygen atoms in total. The Hall–Kier alpha value is -2.09. The fraction of sp³-hybridized carbons (Fsp3) is 0.316. The van der Waals surface area contributed by atoms with Gasteiger partial charge in [-0.25, -0.2) is 0 Å². The lowest BCUT2D eigenvalue weighted by atomic mass is 10.0. The third-order valence-corrected chi connectivity index (χ3v) is 3.97. The largest absolute Gasteiger partial charge is 0.349 e. The molecule has 2 aromatic carbocycles. The Labute approximate surface area is 127 Å². The maximum Gasteiger partial charge on any atom is 0.224 e. The number of carbonyl (C=O) groups excluding carboxylic acids is 1. The van der Waals surface area contributed by atoms with Crippen molar-refractivity contribution < 1.29 is 4.79 Å². The second kappa shape index (κ2) is 6.57. The molecule has 0 aliphatic carbocycles. The number of benzene rings is 2. The molecular formula is C19H23NO. The molecule has 0 saturated carbocycles. The predicted molar refractivity (Wildman–Crippen MR) is 87.4 cm³/mol. The van der Waals surface area contributed by atoms with E-state index in [1.165, 1.54) is 22.3 Å². The summed E-state index contributed by atoms with van der Waals surface area (Å²) >= 11 is 0. The van der Waals surface area contributed by atoms with Gasteiger partial charge >= 0.3 is 0 Å². The first-order valence-corrected chi connectivity index (χ1v) is 7.38. The average Bonchev–Trinajstić information content (AvgIpc) is 2.43. The van der Waals surface area contributed by atoms with E-state index in [4.69, 9.17) is 0 Å². The first kappa shape index (κ1) is 15.3. The van der Waals surface area contributed by atoms with Gasteiger partial charge in [0.15, 0.2) is 0 Å². The van der Waals surface area contributed by atoms with Crippen molar-refractivity contribution in [3.05, 3.63) is 70.3 Å². The maximum absolute atomic E-state index is 12.2. The Morgan fingerprint density at radius 2 is 1.71 bits per heavy atom. The van der Waals surface area contributed by atoms with Gasteiger partial charge in [-0.2, -0.15) is 0 Å². The van der Waals surface area contributed by atoms with Gasteiger partial charge in [-0.3, -0.25) is 4.79 Å². The van der Waals surface area contributed by atoms with Gasteiger partial charge in [0.1, 0.15) is 0 Å². The number of aryl methyl sites for hydroxylation is 3. The van der Waals surface area contributed by atoms with Crippen molar-refractivity contribution in [1.82, 2.24) is 5.32 Å². The summed E-state index contributed by atoms with van der Waals surface area (Å²) in [4.78, 5) is 12.2. The summed E-state index contributed by atoms with van der Waals surface area (Å²) in [5.74, 6) is 0.0639. The van der Waals surface area contributed by atoms with E-state index in [0.717, 1.165) is 5.56 Å². The Balaban J connectivity index is 2.01. The van der Waals surface area contributed by atoms with E-state index in [1.54, 1.807) is 0 Å². The van der Waals surface area contributed by atoms with E-state index in [-0.39, 0.29) is 11.9 Å². The Morgan fingerprint density at radius 3 is 2.38 bits per heavy atom. The molecule has 21 heavy (non-hydrogen) atoms. The van der Waals surface area contributed by atoms with Crippen LogP contribution in [0.25, 0.3) is 0 Å². The van der Waals surface area contributed by atoms with Crippen LogP contribution in [0.2, 0.25) is 0 Å². The zero-order valence-electron chi connectivity index (χ0n) is 13.2. The highest BCUT2D eigenvalue weighted by atomic mass is 16.1. The van der Waals surface area contributed by atoms with Crippen LogP contribution in [-0.4, -0.2) is 5.91 Å². The lowest BCUT2D eigenvalue weighted by Gasteiger charge is -2.16. The molecule has 0 saturated heterocycles. The minimum atomic E-state index is 0.0326. The molecule has 0 fully saturated rings. The molecule has 0 aromatic heterocycles. The highest BCUT2D eigenvalue weighted by molar-refractivity contribution is 5.79. The van der Waals surface area contributed by atoms with Crippen LogP contribution in [0.4, 0.5) is 0 Å². The van der Waals surface area contributed by atoms with Gasteiger partial charge in [0.05, 0.1) is 12.5 Å². The molecule has 1 amide bonds. The summed E-state index contributed by atoms with van der Waals surface area (Å²) in [7, 11) is 0. The van der Waals surface area contributed by atoms with Crippen LogP contribution in [-0.2, 0) is 11.2 Å².